The second-order valence-corrected chi connectivity index (χ2v) is 10.5. The van der Waals surface area contributed by atoms with Gasteiger partial charge in [0.2, 0.25) is 0 Å². The maximum atomic E-state index is 10.7. The lowest BCUT2D eigenvalue weighted by Gasteiger charge is -2.50. The van der Waals surface area contributed by atoms with Crippen molar-refractivity contribution in [2.75, 3.05) is 33.4 Å². The third-order valence-corrected chi connectivity index (χ3v) is 8.43. The van der Waals surface area contributed by atoms with Gasteiger partial charge in [-0.15, -0.1) is 0 Å². The number of rotatable bonds is 6. The summed E-state index contributed by atoms with van der Waals surface area (Å²) in [5.41, 5.74) is 5.97. The zero-order chi connectivity index (χ0) is 25.4. The van der Waals surface area contributed by atoms with Gasteiger partial charge >= 0.3 is 0 Å². The van der Waals surface area contributed by atoms with Crippen LogP contribution in [0.15, 0.2) is 67.0 Å². The van der Waals surface area contributed by atoms with E-state index in [1.54, 1.807) is 7.11 Å². The summed E-state index contributed by atoms with van der Waals surface area (Å²) < 4.78 is 7.87. The van der Waals surface area contributed by atoms with Gasteiger partial charge in [0, 0.05) is 61.6 Å². The van der Waals surface area contributed by atoms with Crippen LogP contribution in [0.1, 0.15) is 41.5 Å². The largest absolute Gasteiger partial charge is 0.497 e. The fraction of sp³-hybridized carbons (Fsp3) is 0.400. The third-order valence-electron chi connectivity index (χ3n) is 8.43. The number of nitrogens with zero attached hydrogens (tertiary/aromatic N) is 5. The van der Waals surface area contributed by atoms with Gasteiger partial charge in [-0.1, -0.05) is 12.1 Å². The minimum atomic E-state index is -0.0856. The molecule has 2 aliphatic rings. The van der Waals surface area contributed by atoms with E-state index in [1.807, 2.05) is 30.6 Å². The number of methoxy groups -OCH3 is 1. The first kappa shape index (κ1) is 24.1. The van der Waals surface area contributed by atoms with E-state index >= 15 is 0 Å². The van der Waals surface area contributed by atoms with Crippen molar-refractivity contribution in [1.29, 1.82) is 0 Å². The monoisotopic (exact) mass is 497 g/mol. The van der Waals surface area contributed by atoms with Gasteiger partial charge in [-0.25, -0.2) is 0 Å². The van der Waals surface area contributed by atoms with Gasteiger partial charge < -0.3 is 14.4 Å². The highest BCUT2D eigenvalue weighted by Crippen LogP contribution is 2.50. The molecule has 7 heteroatoms. The molecule has 7 nitrogen and oxygen atoms in total. The molecular weight excluding hydrogens is 462 g/mol. The number of likely N-dealkylation sites (tertiary alicyclic amines) is 1. The van der Waals surface area contributed by atoms with Gasteiger partial charge in [-0.2, -0.15) is 0 Å². The Morgan fingerprint density at radius 3 is 2.30 bits per heavy atom. The summed E-state index contributed by atoms with van der Waals surface area (Å²) in [4.78, 5) is 14.2. The second kappa shape index (κ2) is 9.89. The summed E-state index contributed by atoms with van der Waals surface area (Å²) in [5, 5.41) is 12.0. The number of aromatic nitrogens is 3. The molecule has 37 heavy (non-hydrogen) atoms. The molecule has 0 bridgehead atoms. The lowest BCUT2D eigenvalue weighted by Crippen LogP contribution is -2.53. The van der Waals surface area contributed by atoms with Gasteiger partial charge in [-0.3, -0.25) is 19.8 Å². The zero-order valence-corrected chi connectivity index (χ0v) is 21.7. The fourth-order valence-corrected chi connectivity index (χ4v) is 6.60. The van der Waals surface area contributed by atoms with E-state index in [1.165, 1.54) is 16.6 Å². The smallest absolute Gasteiger partial charge is 0.120 e. The van der Waals surface area contributed by atoms with E-state index in [0.29, 0.717) is 0 Å². The number of ether oxygens (including phenoxy) is 1. The number of fused-ring (bicyclic) bond motifs is 4. The fourth-order valence-electron chi connectivity index (χ4n) is 6.60. The minimum Gasteiger partial charge on any atom is -0.497 e. The van der Waals surface area contributed by atoms with Crippen molar-refractivity contribution in [3.63, 3.8) is 0 Å². The SMILES string of the molecule is COc1ccc2c3c(n(C)c2c1)[C@H](CO)N(Cc1ccccn1)CC31CCN(Cc2ccccn2)CC1. The van der Waals surface area contributed by atoms with Crippen LogP contribution in [0.4, 0.5) is 0 Å². The van der Waals surface area contributed by atoms with Crippen molar-refractivity contribution >= 4 is 10.9 Å². The highest BCUT2D eigenvalue weighted by molar-refractivity contribution is 5.88. The number of hydrogen-bond acceptors (Lipinski definition) is 6. The highest BCUT2D eigenvalue weighted by Gasteiger charge is 2.48. The van der Waals surface area contributed by atoms with Crippen molar-refractivity contribution in [3.05, 3.63) is 89.6 Å². The summed E-state index contributed by atoms with van der Waals surface area (Å²) in [7, 11) is 3.85. The van der Waals surface area contributed by atoms with Gasteiger partial charge in [0.1, 0.15) is 5.75 Å². The Balaban J connectivity index is 1.41. The van der Waals surface area contributed by atoms with E-state index in [9.17, 15) is 5.11 Å². The lowest BCUT2D eigenvalue weighted by molar-refractivity contribution is 0.0393. The van der Waals surface area contributed by atoms with E-state index in [4.69, 9.17) is 4.74 Å². The molecule has 1 fully saturated rings. The summed E-state index contributed by atoms with van der Waals surface area (Å²) in [6.07, 6.45) is 5.86. The first-order valence-electron chi connectivity index (χ1n) is 13.2. The Labute approximate surface area is 218 Å². The Morgan fingerprint density at radius 2 is 1.68 bits per heavy atom. The topological polar surface area (TPSA) is 66.7 Å². The lowest BCUT2D eigenvalue weighted by atomic mass is 9.68. The van der Waals surface area contributed by atoms with E-state index in [0.717, 1.165) is 68.2 Å². The molecule has 0 unspecified atom stereocenters. The Hall–Kier alpha value is -3.26. The average Bonchev–Trinajstić information content (AvgIpc) is 3.24. The Bertz CT molecular complexity index is 1360. The summed E-state index contributed by atoms with van der Waals surface area (Å²) in [6, 6.07) is 18.6. The third kappa shape index (κ3) is 4.31. The van der Waals surface area contributed by atoms with Crippen LogP contribution < -0.4 is 4.74 Å². The number of aryl methyl sites for hydroxylation is 1. The quantitative estimate of drug-likeness (QED) is 0.433. The molecule has 0 aliphatic carbocycles. The molecule has 1 N–H and O–H groups in total. The van der Waals surface area contributed by atoms with Gasteiger partial charge in [-0.05, 0) is 67.9 Å². The molecule has 1 saturated heterocycles. The number of hydrogen-bond donors (Lipinski definition) is 1. The molecule has 5 heterocycles. The number of aliphatic hydroxyl groups excluding tert-OH is 1. The molecule has 1 spiro atoms. The van der Waals surface area contributed by atoms with Crippen LogP contribution in [0.3, 0.4) is 0 Å². The van der Waals surface area contributed by atoms with Crippen molar-refractivity contribution in [1.82, 2.24) is 24.3 Å². The van der Waals surface area contributed by atoms with Crippen LogP contribution in [0.2, 0.25) is 0 Å². The van der Waals surface area contributed by atoms with Crippen LogP contribution in [0.5, 0.6) is 5.75 Å². The molecule has 3 aromatic heterocycles. The minimum absolute atomic E-state index is 0.00446. The van der Waals surface area contributed by atoms with Crippen molar-refractivity contribution in [2.45, 2.75) is 37.4 Å². The molecule has 192 valence electrons. The second-order valence-electron chi connectivity index (χ2n) is 10.5. The molecule has 1 aromatic carbocycles. The number of aliphatic hydroxyl groups is 1. The molecule has 0 radical (unpaired) electrons. The average molecular weight is 498 g/mol. The molecule has 0 saturated carbocycles. The van der Waals surface area contributed by atoms with Crippen LogP contribution in [-0.4, -0.2) is 62.8 Å². The summed E-state index contributed by atoms with van der Waals surface area (Å²) >= 11 is 0. The number of piperidine rings is 1. The molecule has 6 rings (SSSR count). The maximum absolute atomic E-state index is 10.7. The van der Waals surface area contributed by atoms with Crippen LogP contribution >= 0.6 is 0 Å². The van der Waals surface area contributed by atoms with Crippen molar-refractivity contribution in [3.8, 4) is 5.75 Å². The van der Waals surface area contributed by atoms with Crippen molar-refractivity contribution in [2.24, 2.45) is 7.05 Å². The van der Waals surface area contributed by atoms with E-state index < -0.39 is 0 Å². The number of pyridine rings is 2. The first-order chi connectivity index (χ1) is 18.1. The zero-order valence-electron chi connectivity index (χ0n) is 21.7. The highest BCUT2D eigenvalue weighted by atomic mass is 16.5. The van der Waals surface area contributed by atoms with E-state index in [-0.39, 0.29) is 18.1 Å². The Morgan fingerprint density at radius 1 is 0.973 bits per heavy atom. The standard InChI is InChI=1S/C30H35N5O2/c1-33-26-17-24(37-2)9-10-25(26)28-29(33)27(20-36)35(19-23-8-4-6-14-32-23)21-30(28)11-15-34(16-12-30)18-22-7-3-5-13-31-22/h3-10,13-14,17,27,36H,11-12,15-16,18-21H2,1-2H3/t27-/m0/s1. The molecule has 0 amide bonds. The normalized spacial score (nSPS) is 19.8. The molecule has 4 aromatic rings. The molecular formula is C30H35N5O2. The van der Waals surface area contributed by atoms with E-state index in [2.05, 4.69) is 67.8 Å². The van der Waals surface area contributed by atoms with Crippen LogP contribution in [-0.2, 0) is 25.6 Å². The van der Waals surface area contributed by atoms with Gasteiger partial charge in [0.25, 0.3) is 0 Å². The van der Waals surface area contributed by atoms with Crippen LogP contribution in [0, 0.1) is 0 Å². The molecule has 2 aliphatic heterocycles. The maximum Gasteiger partial charge on any atom is 0.120 e. The Kier molecular flexibility index (Phi) is 6.44. The van der Waals surface area contributed by atoms with Crippen LogP contribution in [0.25, 0.3) is 10.9 Å². The first-order valence-corrected chi connectivity index (χ1v) is 13.2. The van der Waals surface area contributed by atoms with Crippen molar-refractivity contribution < 1.29 is 9.84 Å². The predicted octanol–water partition coefficient (Wildman–Crippen LogP) is 4.06. The number of benzene rings is 1. The summed E-state index contributed by atoms with van der Waals surface area (Å²) in [6.45, 7) is 4.62. The predicted molar refractivity (Wildman–Crippen MR) is 144 cm³/mol. The van der Waals surface area contributed by atoms with Gasteiger partial charge in [0.15, 0.2) is 0 Å². The summed E-state index contributed by atoms with van der Waals surface area (Å²) in [5.74, 6) is 0.857. The molecule has 1 atom stereocenters. The van der Waals surface area contributed by atoms with Gasteiger partial charge in [0.05, 0.1) is 36.7 Å².